The number of aliphatic hydroxyl groups excluding tert-OH is 3. The largest absolute Gasteiger partial charge is 0.497 e. The molecule has 9 heterocycles. The summed E-state index contributed by atoms with van der Waals surface area (Å²) in [6, 6.07) is 77.7. The average Bonchev–Trinajstić information content (AvgIpc) is 1.65. The maximum atomic E-state index is 13.7. The van der Waals surface area contributed by atoms with Crippen LogP contribution in [-0.2, 0) is 57.3 Å². The second-order valence-electron chi connectivity index (χ2n) is 23.2. The molecule has 0 saturated heterocycles. The van der Waals surface area contributed by atoms with E-state index >= 15 is 0 Å². The van der Waals surface area contributed by atoms with Crippen molar-refractivity contribution in [1.82, 2.24) is 39.1 Å². The Labute approximate surface area is 566 Å². The molecule has 0 radical (unpaired) electrons. The highest BCUT2D eigenvalue weighted by molar-refractivity contribution is 5.96. The van der Waals surface area contributed by atoms with E-state index in [9.17, 15) is 19.7 Å². The fraction of sp³-hybridized carbons (Fsp3) is 0.139. The van der Waals surface area contributed by atoms with Crippen molar-refractivity contribution in [2.75, 3.05) is 21.0 Å². The lowest BCUT2D eigenvalue weighted by Gasteiger charge is -2.05. The Morgan fingerprint density at radius 2 is 0.727 bits per heavy atom. The van der Waals surface area contributed by atoms with Gasteiger partial charge < -0.3 is 51.9 Å². The van der Waals surface area contributed by atoms with Crippen LogP contribution < -0.4 is 14.2 Å². The minimum Gasteiger partial charge on any atom is -0.497 e. The first kappa shape index (κ1) is 64.3. The van der Waals surface area contributed by atoms with Crippen molar-refractivity contribution in [3.8, 4) is 63.1 Å². The highest BCUT2D eigenvalue weighted by atomic mass is 19.1. The smallest absolute Gasteiger partial charge is 0.231 e. The number of aliphatic hydroxyl groups is 3. The molecule has 16 aromatic rings. The van der Waals surface area contributed by atoms with Gasteiger partial charge in [-0.2, -0.15) is 20.4 Å². The number of methoxy groups -OCH3 is 2. The Morgan fingerprint density at radius 3 is 1.16 bits per heavy atom. The van der Waals surface area contributed by atoms with Crippen molar-refractivity contribution in [2.24, 2.45) is 0 Å². The Morgan fingerprint density at radius 1 is 0.364 bits per heavy atom. The van der Waals surface area contributed by atoms with Crippen LogP contribution in [0.5, 0.6) is 17.2 Å². The number of nitrogens with zero attached hydrogens (tertiary/aromatic N) is 8. The fourth-order valence-electron chi connectivity index (χ4n) is 11.8. The summed E-state index contributed by atoms with van der Waals surface area (Å²) in [7, 11) is 3.31. The summed E-state index contributed by atoms with van der Waals surface area (Å²) in [5.41, 5.74) is 11.3. The van der Waals surface area contributed by atoms with E-state index in [1.165, 1.54) is 17.7 Å². The highest BCUT2D eigenvalue weighted by Crippen LogP contribution is 2.41. The molecule has 496 valence electrons. The van der Waals surface area contributed by atoms with E-state index in [0.717, 1.165) is 90.0 Å². The van der Waals surface area contributed by atoms with Crippen LogP contribution in [-0.4, -0.2) is 75.5 Å². The van der Waals surface area contributed by atoms with Crippen molar-refractivity contribution >= 4 is 43.6 Å². The highest BCUT2D eigenvalue weighted by Gasteiger charge is 2.24. The Hall–Kier alpha value is -12.1. The van der Waals surface area contributed by atoms with Crippen LogP contribution in [0.1, 0.15) is 45.3 Å². The molecule has 0 bridgehead atoms. The molecule has 8 aromatic heterocycles. The zero-order valence-corrected chi connectivity index (χ0v) is 54.0. The molecule has 8 aromatic carbocycles. The summed E-state index contributed by atoms with van der Waals surface area (Å²) in [5.74, 6) is 6.78. The van der Waals surface area contributed by atoms with Crippen LogP contribution in [0.3, 0.4) is 0 Å². The van der Waals surface area contributed by atoms with E-state index in [2.05, 4.69) is 53.6 Å². The maximum absolute atomic E-state index is 13.7. The summed E-state index contributed by atoms with van der Waals surface area (Å²) >= 11 is 0. The maximum Gasteiger partial charge on any atom is 0.231 e. The van der Waals surface area contributed by atoms with E-state index in [1.54, 1.807) is 49.2 Å². The van der Waals surface area contributed by atoms with Gasteiger partial charge in [0, 0.05) is 40.8 Å². The molecule has 0 atom stereocenters. The van der Waals surface area contributed by atoms with Gasteiger partial charge in [-0.15, -0.1) is 0 Å². The van der Waals surface area contributed by atoms with Gasteiger partial charge in [0.05, 0.1) is 55.4 Å². The lowest BCUT2D eigenvalue weighted by atomic mass is 10.1. The SMILES string of the molecule is COCc1ccc(-c2nn(Cc3ccccc3)c3ccccc23)o1.COc1ccc2c(-c3ccc(CO)o3)nn(Cc3ccccc3)c2c1.OCc1ccc(-c2nn(Cc3ccccc3)c3cc(F)ccc23)o1.OCc1ccc(-c2nn(Cc3ccccc3)c3cc4c(cc23)OCO4)o1. The van der Waals surface area contributed by atoms with Gasteiger partial charge in [-0.25, -0.2) is 4.39 Å². The van der Waals surface area contributed by atoms with Crippen LogP contribution in [0, 0.1) is 5.82 Å². The molecule has 0 fully saturated rings. The minimum atomic E-state index is -0.307. The summed E-state index contributed by atoms with van der Waals surface area (Å²) < 4.78 is 65.8. The molecular weight excluding hydrogens is 1260 g/mol. The number of ether oxygens (including phenoxy) is 4. The minimum absolute atomic E-state index is 0.128. The average molecular weight is 1320 g/mol. The number of fused-ring (bicyclic) bond motifs is 5. The predicted molar refractivity (Wildman–Crippen MR) is 373 cm³/mol. The third-order valence-corrected chi connectivity index (χ3v) is 16.6. The number of furan rings is 4. The van der Waals surface area contributed by atoms with Crippen LogP contribution in [0.25, 0.3) is 89.4 Å². The first-order chi connectivity index (χ1) is 48.7. The molecule has 0 unspecified atom stereocenters. The van der Waals surface area contributed by atoms with E-state index in [0.29, 0.717) is 89.2 Å². The van der Waals surface area contributed by atoms with E-state index in [4.69, 9.17) is 51.9 Å². The van der Waals surface area contributed by atoms with Crippen molar-refractivity contribution < 1.29 is 56.3 Å². The van der Waals surface area contributed by atoms with Gasteiger partial charge in [0.1, 0.15) is 83.8 Å². The zero-order valence-electron chi connectivity index (χ0n) is 54.0. The van der Waals surface area contributed by atoms with E-state index in [-0.39, 0.29) is 32.4 Å². The van der Waals surface area contributed by atoms with Crippen LogP contribution in [0.2, 0.25) is 0 Å². The third kappa shape index (κ3) is 14.3. The molecule has 20 heteroatoms. The Balaban J connectivity index is 0.000000113. The number of halogens is 1. The first-order valence-corrected chi connectivity index (χ1v) is 32.0. The standard InChI is InChI=1S/C20H16N2O4.C20H18N2O3.C20H18N2O2.C19H15FN2O2/c23-11-14-6-7-17(26-14)20-15-8-18-19(25-12-24-18)9-16(15)22(21-20)10-13-4-2-1-3-5-13;1-24-15-7-9-17-18(11-15)22(12-14-5-3-2-4-6-14)21-20(17)19-10-8-16(13-23)25-19;1-23-14-16-11-12-19(24-16)20-17-9-5-6-10-18(17)22(21-20)13-15-7-3-2-4-8-15;20-14-6-8-16-17(10-14)22(11-13-4-2-1-3-5-13)21-19(16)18-9-7-15(12-23)24-18/h1-9,23H,10-12H2;2-11,23H,12-13H2,1H3;2-12H,13-14H2,1H3;1-10,23H,11-12H2. The third-order valence-electron chi connectivity index (χ3n) is 16.6. The molecule has 3 N–H and O–H groups in total. The quantitative estimate of drug-likeness (QED) is 0.0727. The lowest BCUT2D eigenvalue weighted by molar-refractivity contribution is 0.165. The van der Waals surface area contributed by atoms with Crippen LogP contribution in [0.15, 0.2) is 260 Å². The summed E-state index contributed by atoms with van der Waals surface area (Å²) in [4.78, 5) is 0. The zero-order chi connectivity index (χ0) is 67.6. The van der Waals surface area contributed by atoms with Gasteiger partial charge in [-0.1, -0.05) is 140 Å². The number of para-hydroxylation sites is 1. The second-order valence-corrected chi connectivity index (χ2v) is 23.2. The number of hydrogen-bond donors (Lipinski definition) is 3. The van der Waals surface area contributed by atoms with Crippen molar-refractivity contribution in [3.05, 3.63) is 294 Å². The molecule has 17 rings (SSSR count). The van der Waals surface area contributed by atoms with Gasteiger partial charge in [0.25, 0.3) is 0 Å². The van der Waals surface area contributed by atoms with Crippen molar-refractivity contribution in [3.63, 3.8) is 0 Å². The molecule has 1 aliphatic heterocycles. The number of aromatic nitrogens is 8. The molecule has 0 amide bonds. The molecular formula is C79H67FN8O11. The Kier molecular flexibility index (Phi) is 19.2. The fourth-order valence-corrected chi connectivity index (χ4v) is 11.8. The summed E-state index contributed by atoms with van der Waals surface area (Å²) in [6.45, 7) is 2.79. The molecule has 0 aliphatic carbocycles. The second kappa shape index (κ2) is 29.5. The molecule has 99 heavy (non-hydrogen) atoms. The van der Waals surface area contributed by atoms with Crippen LogP contribution in [0.4, 0.5) is 4.39 Å². The van der Waals surface area contributed by atoms with Crippen molar-refractivity contribution in [1.29, 1.82) is 0 Å². The van der Waals surface area contributed by atoms with Gasteiger partial charge in [-0.3, -0.25) is 18.7 Å². The normalized spacial score (nSPS) is 11.6. The summed E-state index contributed by atoms with van der Waals surface area (Å²) in [6.07, 6.45) is 0. The van der Waals surface area contributed by atoms with Gasteiger partial charge >= 0.3 is 0 Å². The number of hydrogen-bond acceptors (Lipinski definition) is 15. The van der Waals surface area contributed by atoms with E-state index in [1.807, 2.05) is 166 Å². The lowest BCUT2D eigenvalue weighted by Crippen LogP contribution is -2.01. The monoisotopic (exact) mass is 1320 g/mol. The molecule has 1 aliphatic rings. The topological polar surface area (TPSA) is 221 Å². The number of rotatable bonds is 18. The number of benzene rings is 8. The van der Waals surface area contributed by atoms with Crippen LogP contribution >= 0.6 is 0 Å². The van der Waals surface area contributed by atoms with Gasteiger partial charge in [0.15, 0.2) is 34.5 Å². The van der Waals surface area contributed by atoms with Gasteiger partial charge in [0.2, 0.25) is 6.79 Å². The summed E-state index contributed by atoms with van der Waals surface area (Å²) in [5, 5.41) is 50.5. The van der Waals surface area contributed by atoms with Gasteiger partial charge in [-0.05, 0) is 113 Å². The molecule has 19 nitrogen and oxygen atoms in total. The van der Waals surface area contributed by atoms with Crippen molar-refractivity contribution in [2.45, 2.75) is 52.6 Å². The van der Waals surface area contributed by atoms with E-state index < -0.39 is 0 Å². The first-order valence-electron chi connectivity index (χ1n) is 32.0. The Bertz CT molecular complexity index is 5360. The molecule has 0 spiro atoms. The predicted octanol–water partition coefficient (Wildman–Crippen LogP) is 15.9. The molecule has 0 saturated carbocycles.